The van der Waals surface area contributed by atoms with Crippen LogP contribution in [0, 0.1) is 0 Å². The van der Waals surface area contributed by atoms with E-state index in [1.54, 1.807) is 0 Å². The molecule has 0 saturated heterocycles. The highest BCUT2D eigenvalue weighted by Gasteiger charge is 2.16. The lowest BCUT2D eigenvalue weighted by Gasteiger charge is -2.14. The van der Waals surface area contributed by atoms with E-state index in [4.69, 9.17) is 18.8 Å². The van der Waals surface area contributed by atoms with E-state index in [1.165, 1.54) is 0 Å². The number of fused-ring (bicyclic) bond motifs is 6. The molecule has 3 aromatic heterocycles. The summed E-state index contributed by atoms with van der Waals surface area (Å²) < 4.78 is 12.3. The van der Waals surface area contributed by atoms with Crippen LogP contribution in [0.3, 0.4) is 0 Å². The van der Waals surface area contributed by atoms with Crippen molar-refractivity contribution in [3.63, 3.8) is 0 Å². The summed E-state index contributed by atoms with van der Waals surface area (Å²) >= 11 is 0. The third kappa shape index (κ3) is 5.64. The van der Waals surface area contributed by atoms with E-state index in [0.717, 1.165) is 105 Å². The van der Waals surface area contributed by atoms with Gasteiger partial charge in [-0.15, -0.1) is 0 Å². The molecule has 0 bridgehead atoms. The van der Waals surface area contributed by atoms with Gasteiger partial charge in [0.1, 0.15) is 22.3 Å². The fraction of sp³-hybridized carbons (Fsp3) is 0. The molecule has 0 aliphatic carbocycles. The van der Waals surface area contributed by atoms with Crippen LogP contribution in [0.25, 0.3) is 111 Å². The second-order valence-electron chi connectivity index (χ2n) is 14.2. The molecule has 262 valence electrons. The molecule has 0 spiro atoms. The molecule has 11 aromatic rings. The number of benzene rings is 8. The molecular weight excluding hydrogens is 685 g/mol. The largest absolute Gasteiger partial charge is 0.456 e. The fourth-order valence-electron chi connectivity index (χ4n) is 7.87. The van der Waals surface area contributed by atoms with Crippen LogP contribution in [0.2, 0.25) is 0 Å². The lowest BCUT2D eigenvalue weighted by Crippen LogP contribution is -1.97. The second-order valence-corrected chi connectivity index (χ2v) is 14.2. The van der Waals surface area contributed by atoms with Crippen molar-refractivity contribution >= 4 is 43.9 Å². The van der Waals surface area contributed by atoms with E-state index in [1.807, 2.05) is 30.3 Å². The van der Waals surface area contributed by atoms with Gasteiger partial charge in [0.25, 0.3) is 0 Å². The monoisotopic (exact) mass is 716 g/mol. The molecule has 56 heavy (non-hydrogen) atoms. The topological polar surface area (TPSA) is 52.1 Å². The molecule has 4 nitrogen and oxygen atoms in total. The summed E-state index contributed by atoms with van der Waals surface area (Å²) in [6.07, 6.45) is 0. The summed E-state index contributed by atoms with van der Waals surface area (Å²) in [6.45, 7) is 0. The maximum atomic E-state index is 6.19. The van der Waals surface area contributed by atoms with Crippen LogP contribution in [0.15, 0.2) is 203 Å². The summed E-state index contributed by atoms with van der Waals surface area (Å²) in [7, 11) is 0. The molecule has 0 amide bonds. The van der Waals surface area contributed by atoms with Crippen molar-refractivity contribution in [2.75, 3.05) is 0 Å². The molecular formula is C52H32N2O2. The first-order chi connectivity index (χ1) is 27.7. The number of aromatic nitrogens is 2. The Morgan fingerprint density at radius 2 is 0.679 bits per heavy atom. The van der Waals surface area contributed by atoms with Crippen molar-refractivity contribution in [2.24, 2.45) is 0 Å². The Kier molecular flexibility index (Phi) is 7.46. The Morgan fingerprint density at radius 1 is 0.250 bits per heavy atom. The second kappa shape index (κ2) is 13.1. The van der Waals surface area contributed by atoms with Crippen molar-refractivity contribution < 1.29 is 8.83 Å². The molecule has 0 N–H and O–H groups in total. The summed E-state index contributed by atoms with van der Waals surface area (Å²) in [5.74, 6) is 0.663. The predicted molar refractivity (Wildman–Crippen MR) is 229 cm³/mol. The number of para-hydroxylation sites is 2. The standard InChI is InChI=1S/C52H32N2O2/c1-3-12-33(13-4-1)39-27-40(37-23-25-51-45(31-37)43-19-8-10-21-49(43)56-51)29-41(28-39)47-32-46(34-14-5-2-6-15-34)53-52(54-47)38-17-11-16-35(26-38)36-22-24-50-44(30-36)42-18-7-9-20-48(42)55-50/h1-32H. The average Bonchev–Trinajstić information content (AvgIpc) is 3.84. The van der Waals surface area contributed by atoms with E-state index in [2.05, 4.69) is 164 Å². The zero-order valence-electron chi connectivity index (χ0n) is 30.2. The van der Waals surface area contributed by atoms with Gasteiger partial charge in [-0.3, -0.25) is 0 Å². The lowest BCUT2D eigenvalue weighted by atomic mass is 9.94. The van der Waals surface area contributed by atoms with Crippen LogP contribution in [-0.2, 0) is 0 Å². The predicted octanol–water partition coefficient (Wildman–Crippen LogP) is 14.3. The summed E-state index contributed by atoms with van der Waals surface area (Å²) in [5.41, 5.74) is 14.9. The van der Waals surface area contributed by atoms with Crippen LogP contribution in [0.1, 0.15) is 0 Å². The van der Waals surface area contributed by atoms with Crippen molar-refractivity contribution in [3.8, 4) is 67.3 Å². The zero-order chi connectivity index (χ0) is 37.0. The van der Waals surface area contributed by atoms with Crippen LogP contribution in [0.5, 0.6) is 0 Å². The van der Waals surface area contributed by atoms with Crippen LogP contribution in [0.4, 0.5) is 0 Å². The van der Waals surface area contributed by atoms with E-state index < -0.39 is 0 Å². The summed E-state index contributed by atoms with van der Waals surface area (Å²) in [5, 5.41) is 4.42. The summed E-state index contributed by atoms with van der Waals surface area (Å²) in [6, 6.07) is 67.6. The maximum absolute atomic E-state index is 6.19. The Hall–Kier alpha value is -7.56. The minimum atomic E-state index is 0.663. The van der Waals surface area contributed by atoms with Crippen LogP contribution in [-0.4, -0.2) is 9.97 Å². The third-order valence-corrected chi connectivity index (χ3v) is 10.7. The molecule has 0 saturated carbocycles. The number of rotatable bonds is 6. The third-order valence-electron chi connectivity index (χ3n) is 10.7. The fourth-order valence-corrected chi connectivity index (χ4v) is 7.87. The van der Waals surface area contributed by atoms with Crippen molar-refractivity contribution in [1.29, 1.82) is 0 Å². The highest BCUT2D eigenvalue weighted by molar-refractivity contribution is 6.07. The zero-order valence-corrected chi connectivity index (χ0v) is 30.2. The molecule has 0 aliphatic heterocycles. The molecule has 8 aromatic carbocycles. The van der Waals surface area contributed by atoms with Gasteiger partial charge in [-0.05, 0) is 100 Å². The van der Waals surface area contributed by atoms with E-state index in [9.17, 15) is 0 Å². The highest BCUT2D eigenvalue weighted by Crippen LogP contribution is 2.38. The Labute approximate surface area is 323 Å². The molecule has 0 fully saturated rings. The van der Waals surface area contributed by atoms with Gasteiger partial charge >= 0.3 is 0 Å². The van der Waals surface area contributed by atoms with E-state index in [0.29, 0.717) is 5.82 Å². The maximum Gasteiger partial charge on any atom is 0.160 e. The normalized spacial score (nSPS) is 11.6. The molecule has 0 atom stereocenters. The van der Waals surface area contributed by atoms with Gasteiger partial charge in [-0.2, -0.15) is 0 Å². The quantitative estimate of drug-likeness (QED) is 0.172. The van der Waals surface area contributed by atoms with E-state index >= 15 is 0 Å². The van der Waals surface area contributed by atoms with Gasteiger partial charge in [0, 0.05) is 38.2 Å². The molecule has 11 rings (SSSR count). The molecule has 0 aliphatic rings. The molecule has 4 heteroatoms. The van der Waals surface area contributed by atoms with Crippen molar-refractivity contribution in [3.05, 3.63) is 194 Å². The molecule has 0 radical (unpaired) electrons. The first kappa shape index (κ1) is 31.9. The number of furan rings is 2. The van der Waals surface area contributed by atoms with Gasteiger partial charge in [0.2, 0.25) is 0 Å². The van der Waals surface area contributed by atoms with Crippen molar-refractivity contribution in [2.45, 2.75) is 0 Å². The van der Waals surface area contributed by atoms with Crippen LogP contribution >= 0.6 is 0 Å². The Balaban J connectivity index is 1.08. The van der Waals surface area contributed by atoms with Gasteiger partial charge < -0.3 is 8.83 Å². The molecule has 0 unspecified atom stereocenters. The number of hydrogen-bond donors (Lipinski definition) is 0. The van der Waals surface area contributed by atoms with Crippen LogP contribution < -0.4 is 0 Å². The molecule has 3 heterocycles. The highest BCUT2D eigenvalue weighted by atomic mass is 16.3. The first-order valence-electron chi connectivity index (χ1n) is 18.8. The number of nitrogens with zero attached hydrogens (tertiary/aromatic N) is 2. The average molecular weight is 717 g/mol. The van der Waals surface area contributed by atoms with Crippen molar-refractivity contribution in [1.82, 2.24) is 9.97 Å². The summed E-state index contributed by atoms with van der Waals surface area (Å²) in [4.78, 5) is 10.5. The number of hydrogen-bond acceptors (Lipinski definition) is 4. The Morgan fingerprint density at radius 3 is 1.32 bits per heavy atom. The van der Waals surface area contributed by atoms with Gasteiger partial charge in [0.05, 0.1) is 11.4 Å². The minimum Gasteiger partial charge on any atom is -0.456 e. The van der Waals surface area contributed by atoms with Gasteiger partial charge in [-0.1, -0.05) is 127 Å². The minimum absolute atomic E-state index is 0.663. The smallest absolute Gasteiger partial charge is 0.160 e. The van der Waals surface area contributed by atoms with Gasteiger partial charge in [-0.25, -0.2) is 9.97 Å². The lowest BCUT2D eigenvalue weighted by molar-refractivity contribution is 0.668. The van der Waals surface area contributed by atoms with Gasteiger partial charge in [0.15, 0.2) is 5.82 Å². The van der Waals surface area contributed by atoms with E-state index in [-0.39, 0.29) is 0 Å². The first-order valence-corrected chi connectivity index (χ1v) is 18.8. The Bertz CT molecular complexity index is 3250. The SMILES string of the molecule is c1ccc(-c2cc(-c3ccc4oc5ccccc5c4c3)cc(-c3cc(-c4ccccc4)nc(-c4cccc(-c5ccc6oc7ccccc7c6c5)c4)n3)c2)cc1.